The molecular formula is C24H24N2O3. The second kappa shape index (κ2) is 10.7. The van der Waals surface area contributed by atoms with Gasteiger partial charge in [0.15, 0.2) is 0 Å². The number of amides is 2. The van der Waals surface area contributed by atoms with Crippen LogP contribution in [0.4, 0.5) is 4.79 Å². The number of benzene rings is 3. The summed E-state index contributed by atoms with van der Waals surface area (Å²) in [7, 11) is 0. The van der Waals surface area contributed by atoms with Crippen molar-refractivity contribution in [2.75, 3.05) is 0 Å². The Kier molecular flexibility index (Phi) is 7.41. The van der Waals surface area contributed by atoms with Crippen molar-refractivity contribution in [1.82, 2.24) is 10.6 Å². The molecule has 0 aliphatic rings. The average molecular weight is 388 g/mol. The maximum Gasteiger partial charge on any atom is 0.408 e. The largest absolute Gasteiger partial charge is 0.445 e. The monoisotopic (exact) mass is 388 g/mol. The van der Waals surface area contributed by atoms with Crippen LogP contribution >= 0.6 is 0 Å². The lowest BCUT2D eigenvalue weighted by Crippen LogP contribution is -2.48. The van der Waals surface area contributed by atoms with E-state index >= 15 is 0 Å². The van der Waals surface area contributed by atoms with Crippen LogP contribution in [0, 0.1) is 0 Å². The van der Waals surface area contributed by atoms with Gasteiger partial charge in [0, 0.05) is 13.0 Å². The van der Waals surface area contributed by atoms with Crippen molar-refractivity contribution < 1.29 is 14.3 Å². The topological polar surface area (TPSA) is 67.4 Å². The summed E-state index contributed by atoms with van der Waals surface area (Å²) in [6.07, 6.45) is -0.244. The van der Waals surface area contributed by atoms with Gasteiger partial charge in [0.2, 0.25) is 5.91 Å². The summed E-state index contributed by atoms with van der Waals surface area (Å²) in [4.78, 5) is 25.0. The number of rotatable bonds is 8. The second-order valence-electron chi connectivity index (χ2n) is 6.65. The van der Waals surface area contributed by atoms with Gasteiger partial charge in [-0.3, -0.25) is 4.79 Å². The zero-order valence-electron chi connectivity index (χ0n) is 16.1. The highest BCUT2D eigenvalue weighted by Gasteiger charge is 2.22. The third-order valence-corrected chi connectivity index (χ3v) is 4.41. The van der Waals surface area contributed by atoms with E-state index in [0.717, 1.165) is 16.7 Å². The van der Waals surface area contributed by atoms with Crippen LogP contribution in [0.25, 0.3) is 0 Å². The molecule has 3 rings (SSSR count). The maximum absolute atomic E-state index is 12.7. The zero-order valence-corrected chi connectivity index (χ0v) is 16.1. The van der Waals surface area contributed by atoms with Gasteiger partial charge >= 0.3 is 6.09 Å². The molecule has 2 N–H and O–H groups in total. The summed E-state index contributed by atoms with van der Waals surface area (Å²) in [5, 5.41) is 5.59. The number of carbonyl (C=O) groups excluding carboxylic acids is 2. The average Bonchev–Trinajstić information content (AvgIpc) is 2.78. The second-order valence-corrected chi connectivity index (χ2v) is 6.65. The van der Waals surface area contributed by atoms with Crippen LogP contribution in [-0.2, 0) is 29.1 Å². The molecule has 0 aromatic heterocycles. The van der Waals surface area contributed by atoms with Crippen molar-refractivity contribution in [2.24, 2.45) is 0 Å². The minimum Gasteiger partial charge on any atom is -0.445 e. The molecule has 0 saturated heterocycles. The molecule has 2 amide bonds. The SMILES string of the molecule is O=C(N[C@@H](Cc1ccccc1)C(=O)NCc1ccccc1)OCc1ccccc1. The highest BCUT2D eigenvalue weighted by Crippen LogP contribution is 2.06. The van der Waals surface area contributed by atoms with E-state index in [1.165, 1.54) is 0 Å². The van der Waals surface area contributed by atoms with Gasteiger partial charge < -0.3 is 15.4 Å². The summed E-state index contributed by atoms with van der Waals surface area (Å²) in [6.45, 7) is 0.544. The molecular weight excluding hydrogens is 364 g/mol. The molecule has 0 heterocycles. The Labute approximate surface area is 170 Å². The third kappa shape index (κ3) is 6.81. The Morgan fingerprint density at radius 2 is 1.24 bits per heavy atom. The number of nitrogens with one attached hydrogen (secondary N) is 2. The van der Waals surface area contributed by atoms with Crippen molar-refractivity contribution in [3.63, 3.8) is 0 Å². The summed E-state index contributed by atoms with van der Waals surface area (Å²) in [5.41, 5.74) is 2.83. The van der Waals surface area contributed by atoms with E-state index in [2.05, 4.69) is 10.6 Å². The van der Waals surface area contributed by atoms with E-state index in [1.54, 1.807) is 0 Å². The molecule has 0 spiro atoms. The molecule has 0 radical (unpaired) electrons. The molecule has 0 unspecified atom stereocenters. The Balaban J connectivity index is 1.60. The number of ether oxygens (including phenoxy) is 1. The van der Waals surface area contributed by atoms with E-state index in [1.807, 2.05) is 91.0 Å². The van der Waals surface area contributed by atoms with Gasteiger partial charge in [-0.2, -0.15) is 0 Å². The van der Waals surface area contributed by atoms with Crippen LogP contribution in [0.3, 0.4) is 0 Å². The molecule has 0 bridgehead atoms. The van der Waals surface area contributed by atoms with Gasteiger partial charge in [-0.05, 0) is 16.7 Å². The highest BCUT2D eigenvalue weighted by molar-refractivity contribution is 5.85. The van der Waals surface area contributed by atoms with Gasteiger partial charge in [0.05, 0.1) is 0 Å². The fourth-order valence-corrected chi connectivity index (χ4v) is 2.87. The summed E-state index contributed by atoms with van der Waals surface area (Å²) in [5.74, 6) is -0.255. The first kappa shape index (κ1) is 20.1. The molecule has 0 fully saturated rings. The van der Waals surface area contributed by atoms with Gasteiger partial charge in [0.25, 0.3) is 0 Å². The van der Waals surface area contributed by atoms with E-state index in [0.29, 0.717) is 13.0 Å². The van der Waals surface area contributed by atoms with E-state index in [-0.39, 0.29) is 12.5 Å². The summed E-state index contributed by atoms with van der Waals surface area (Å²) < 4.78 is 5.28. The third-order valence-electron chi connectivity index (χ3n) is 4.41. The quantitative estimate of drug-likeness (QED) is 0.616. The molecule has 3 aromatic carbocycles. The smallest absolute Gasteiger partial charge is 0.408 e. The molecule has 0 saturated carbocycles. The predicted octanol–water partition coefficient (Wildman–Crippen LogP) is 3.84. The maximum atomic E-state index is 12.7. The van der Waals surface area contributed by atoms with Crippen molar-refractivity contribution in [2.45, 2.75) is 25.6 Å². The van der Waals surface area contributed by atoms with Gasteiger partial charge in [-0.25, -0.2) is 4.79 Å². The van der Waals surface area contributed by atoms with Crippen LogP contribution in [0.5, 0.6) is 0 Å². The fraction of sp³-hybridized carbons (Fsp3) is 0.167. The van der Waals surface area contributed by atoms with Gasteiger partial charge in [0.1, 0.15) is 12.6 Å². The summed E-state index contributed by atoms with van der Waals surface area (Å²) in [6, 6.07) is 27.9. The molecule has 5 nitrogen and oxygen atoms in total. The number of carbonyl (C=O) groups is 2. The lowest BCUT2D eigenvalue weighted by Gasteiger charge is -2.18. The Bertz CT molecular complexity index is 899. The molecule has 0 aliphatic carbocycles. The van der Waals surface area contributed by atoms with Gasteiger partial charge in [-0.1, -0.05) is 91.0 Å². The van der Waals surface area contributed by atoms with E-state index in [9.17, 15) is 9.59 Å². The molecule has 3 aromatic rings. The lowest BCUT2D eigenvalue weighted by atomic mass is 10.1. The van der Waals surface area contributed by atoms with E-state index < -0.39 is 12.1 Å². The van der Waals surface area contributed by atoms with E-state index in [4.69, 9.17) is 4.74 Å². The van der Waals surface area contributed by atoms with Crippen LogP contribution in [-0.4, -0.2) is 18.0 Å². The fourth-order valence-electron chi connectivity index (χ4n) is 2.87. The van der Waals surface area contributed by atoms with Crippen LogP contribution in [0.15, 0.2) is 91.0 Å². The van der Waals surface area contributed by atoms with Crippen molar-refractivity contribution in [1.29, 1.82) is 0 Å². The first-order valence-electron chi connectivity index (χ1n) is 9.53. The zero-order chi connectivity index (χ0) is 20.3. The Morgan fingerprint density at radius 1 is 0.724 bits per heavy atom. The van der Waals surface area contributed by atoms with Gasteiger partial charge in [-0.15, -0.1) is 0 Å². The number of alkyl carbamates (subject to hydrolysis) is 1. The van der Waals surface area contributed by atoms with Crippen LogP contribution < -0.4 is 10.6 Å². The lowest BCUT2D eigenvalue weighted by molar-refractivity contribution is -0.123. The van der Waals surface area contributed by atoms with Crippen molar-refractivity contribution in [3.05, 3.63) is 108 Å². The first-order valence-corrected chi connectivity index (χ1v) is 9.53. The van der Waals surface area contributed by atoms with Crippen LogP contribution in [0.1, 0.15) is 16.7 Å². The Hall–Kier alpha value is -3.60. The highest BCUT2D eigenvalue weighted by atomic mass is 16.5. The Morgan fingerprint density at radius 3 is 1.83 bits per heavy atom. The van der Waals surface area contributed by atoms with Crippen molar-refractivity contribution >= 4 is 12.0 Å². The molecule has 0 aliphatic heterocycles. The number of hydrogen-bond donors (Lipinski definition) is 2. The normalized spacial score (nSPS) is 11.3. The first-order chi connectivity index (χ1) is 14.2. The molecule has 29 heavy (non-hydrogen) atoms. The minimum absolute atomic E-state index is 0.149. The molecule has 148 valence electrons. The van der Waals surface area contributed by atoms with Crippen LogP contribution in [0.2, 0.25) is 0 Å². The molecule has 1 atom stereocenters. The minimum atomic E-state index is -0.732. The van der Waals surface area contributed by atoms with Crippen molar-refractivity contribution in [3.8, 4) is 0 Å². The molecule has 5 heteroatoms. The number of hydrogen-bond acceptors (Lipinski definition) is 3. The predicted molar refractivity (Wildman–Crippen MR) is 112 cm³/mol. The summed E-state index contributed by atoms with van der Waals surface area (Å²) >= 11 is 0. The standard InChI is InChI=1S/C24H24N2O3/c27-23(25-17-20-12-6-2-7-13-20)22(16-19-10-4-1-5-11-19)26-24(28)29-18-21-14-8-3-9-15-21/h1-15,22H,16-18H2,(H,25,27)(H,26,28)/t22-/m0/s1.